The molecule has 92 valence electrons. The molecular formula is C13H15FO3. The Kier molecular flexibility index (Phi) is 2.70. The van der Waals surface area contributed by atoms with Crippen molar-refractivity contribution in [3.63, 3.8) is 0 Å². The summed E-state index contributed by atoms with van der Waals surface area (Å²) in [5.41, 5.74) is -0.994. The molecule has 2 rings (SSSR count). The molecule has 1 aromatic carbocycles. The van der Waals surface area contributed by atoms with Gasteiger partial charge in [-0.2, -0.15) is 0 Å². The van der Waals surface area contributed by atoms with Crippen molar-refractivity contribution < 1.29 is 19.0 Å². The van der Waals surface area contributed by atoms with E-state index in [1.54, 1.807) is 19.1 Å². The van der Waals surface area contributed by atoms with Crippen LogP contribution in [0.25, 0.3) is 0 Å². The topological polar surface area (TPSA) is 46.5 Å². The lowest BCUT2D eigenvalue weighted by Crippen LogP contribution is -2.57. The summed E-state index contributed by atoms with van der Waals surface area (Å²) in [4.78, 5) is 11.9. The molecule has 1 aliphatic carbocycles. The van der Waals surface area contributed by atoms with Crippen molar-refractivity contribution >= 4 is 5.97 Å². The summed E-state index contributed by atoms with van der Waals surface area (Å²) in [7, 11) is 1.32. The van der Waals surface area contributed by atoms with Crippen LogP contribution in [0.5, 0.6) is 0 Å². The third kappa shape index (κ3) is 1.93. The number of carbonyl (C=O) groups is 1. The molecular weight excluding hydrogens is 223 g/mol. The van der Waals surface area contributed by atoms with Gasteiger partial charge in [-0.05, 0) is 37.5 Å². The monoisotopic (exact) mass is 238 g/mol. The van der Waals surface area contributed by atoms with E-state index in [2.05, 4.69) is 0 Å². The Labute approximate surface area is 99.2 Å². The number of methoxy groups -OCH3 is 1. The molecule has 17 heavy (non-hydrogen) atoms. The highest BCUT2D eigenvalue weighted by Gasteiger charge is 2.57. The molecule has 1 aliphatic rings. The van der Waals surface area contributed by atoms with E-state index in [0.29, 0.717) is 18.4 Å². The maximum absolute atomic E-state index is 12.9. The Morgan fingerprint density at radius 2 is 1.88 bits per heavy atom. The van der Waals surface area contributed by atoms with Gasteiger partial charge in [0, 0.05) is 0 Å². The van der Waals surface area contributed by atoms with Gasteiger partial charge in [0.05, 0.1) is 18.1 Å². The van der Waals surface area contributed by atoms with Crippen LogP contribution >= 0.6 is 0 Å². The fourth-order valence-corrected chi connectivity index (χ4v) is 2.68. The second-order valence-electron chi connectivity index (χ2n) is 4.93. The third-order valence-corrected chi connectivity index (χ3v) is 3.34. The number of rotatable bonds is 2. The highest BCUT2D eigenvalue weighted by atomic mass is 19.1. The van der Waals surface area contributed by atoms with Crippen LogP contribution in [-0.4, -0.2) is 23.8 Å². The standard InChI is InChI=1S/C13H15FO3/c1-12(16)7-13(8-12,11(15)17-2)9-3-5-10(14)6-4-9/h3-6,16H,7-8H2,1-2H3. The molecule has 3 nitrogen and oxygen atoms in total. The van der Waals surface area contributed by atoms with Gasteiger partial charge in [-0.25, -0.2) is 4.39 Å². The first-order valence-electron chi connectivity index (χ1n) is 5.46. The molecule has 1 N–H and O–H groups in total. The molecule has 0 amide bonds. The maximum atomic E-state index is 12.9. The summed E-state index contributed by atoms with van der Waals surface area (Å²) in [5.74, 6) is -0.726. The zero-order chi connectivity index (χ0) is 12.7. The van der Waals surface area contributed by atoms with Crippen molar-refractivity contribution in [2.45, 2.75) is 30.8 Å². The fraction of sp³-hybridized carbons (Fsp3) is 0.462. The van der Waals surface area contributed by atoms with Crippen LogP contribution in [0.2, 0.25) is 0 Å². The number of halogens is 1. The van der Waals surface area contributed by atoms with Crippen LogP contribution in [-0.2, 0) is 14.9 Å². The number of esters is 1. The van der Waals surface area contributed by atoms with E-state index in [1.165, 1.54) is 19.2 Å². The minimum absolute atomic E-state index is 0.304. The van der Waals surface area contributed by atoms with Crippen molar-refractivity contribution in [3.05, 3.63) is 35.6 Å². The lowest BCUT2D eigenvalue weighted by Gasteiger charge is -2.49. The van der Waals surface area contributed by atoms with Crippen LogP contribution < -0.4 is 0 Å². The lowest BCUT2D eigenvalue weighted by atomic mass is 9.56. The van der Waals surface area contributed by atoms with Crippen LogP contribution in [0.4, 0.5) is 4.39 Å². The maximum Gasteiger partial charge on any atom is 0.316 e. The molecule has 0 heterocycles. The summed E-state index contributed by atoms with van der Waals surface area (Å²) >= 11 is 0. The van der Waals surface area contributed by atoms with Gasteiger partial charge in [0.25, 0.3) is 0 Å². The zero-order valence-electron chi connectivity index (χ0n) is 9.87. The lowest BCUT2D eigenvalue weighted by molar-refractivity contribution is -0.165. The van der Waals surface area contributed by atoms with Crippen molar-refractivity contribution in [2.24, 2.45) is 0 Å². The molecule has 0 spiro atoms. The smallest absolute Gasteiger partial charge is 0.316 e. The predicted octanol–water partition coefficient (Wildman–Crippen LogP) is 1.78. The van der Waals surface area contributed by atoms with Crippen molar-refractivity contribution in [2.75, 3.05) is 7.11 Å². The normalized spacial score (nSPS) is 31.8. The average Bonchev–Trinajstić information content (AvgIpc) is 2.25. The van der Waals surface area contributed by atoms with Crippen LogP contribution in [0, 0.1) is 5.82 Å². The summed E-state index contributed by atoms with van der Waals surface area (Å²) in [6.45, 7) is 1.68. The molecule has 1 saturated carbocycles. The second-order valence-corrected chi connectivity index (χ2v) is 4.93. The quantitative estimate of drug-likeness (QED) is 0.799. The van der Waals surface area contributed by atoms with E-state index in [-0.39, 0.29) is 11.8 Å². The number of hydrogen-bond donors (Lipinski definition) is 1. The molecule has 1 aromatic rings. The van der Waals surface area contributed by atoms with Gasteiger partial charge in [-0.15, -0.1) is 0 Å². The van der Waals surface area contributed by atoms with Gasteiger partial charge in [0.2, 0.25) is 0 Å². The summed E-state index contributed by atoms with van der Waals surface area (Å²) in [5, 5.41) is 9.83. The molecule has 1 fully saturated rings. The van der Waals surface area contributed by atoms with Crippen molar-refractivity contribution in [1.82, 2.24) is 0 Å². The summed E-state index contributed by atoms with van der Waals surface area (Å²) < 4.78 is 17.7. The Bertz CT molecular complexity index is 428. The van der Waals surface area contributed by atoms with Gasteiger partial charge in [-0.3, -0.25) is 4.79 Å². The van der Waals surface area contributed by atoms with Gasteiger partial charge < -0.3 is 9.84 Å². The SMILES string of the molecule is COC(=O)C1(c2ccc(F)cc2)CC(C)(O)C1. The Morgan fingerprint density at radius 3 is 2.29 bits per heavy atom. The highest BCUT2D eigenvalue weighted by molar-refractivity contribution is 5.85. The Morgan fingerprint density at radius 1 is 1.35 bits per heavy atom. The molecule has 0 unspecified atom stereocenters. The van der Waals surface area contributed by atoms with E-state index in [0.717, 1.165) is 0 Å². The number of carbonyl (C=O) groups excluding carboxylic acids is 1. The summed E-state index contributed by atoms with van der Waals surface area (Å²) in [6.07, 6.45) is 0.608. The first-order chi connectivity index (χ1) is 7.89. The molecule has 0 aliphatic heterocycles. The number of aliphatic hydroxyl groups is 1. The number of hydrogen-bond acceptors (Lipinski definition) is 3. The van der Waals surface area contributed by atoms with Gasteiger partial charge in [-0.1, -0.05) is 12.1 Å². The van der Waals surface area contributed by atoms with Crippen molar-refractivity contribution in [1.29, 1.82) is 0 Å². The third-order valence-electron chi connectivity index (χ3n) is 3.34. The highest BCUT2D eigenvalue weighted by Crippen LogP contribution is 2.50. The van der Waals surface area contributed by atoms with Crippen molar-refractivity contribution in [3.8, 4) is 0 Å². The van der Waals surface area contributed by atoms with E-state index >= 15 is 0 Å². The number of benzene rings is 1. The predicted molar refractivity (Wildman–Crippen MR) is 60.0 cm³/mol. The first-order valence-corrected chi connectivity index (χ1v) is 5.46. The molecule has 0 aromatic heterocycles. The van der Waals surface area contributed by atoms with Crippen LogP contribution in [0.15, 0.2) is 24.3 Å². The van der Waals surface area contributed by atoms with Crippen LogP contribution in [0.3, 0.4) is 0 Å². The molecule has 0 saturated heterocycles. The second kappa shape index (κ2) is 3.81. The average molecular weight is 238 g/mol. The first kappa shape index (κ1) is 12.0. The minimum Gasteiger partial charge on any atom is -0.468 e. The van der Waals surface area contributed by atoms with E-state index < -0.39 is 11.0 Å². The van der Waals surface area contributed by atoms with Crippen LogP contribution in [0.1, 0.15) is 25.3 Å². The van der Waals surface area contributed by atoms with Gasteiger partial charge in [0.15, 0.2) is 0 Å². The molecule has 4 heteroatoms. The Hall–Kier alpha value is -1.42. The van der Waals surface area contributed by atoms with E-state index in [4.69, 9.17) is 4.74 Å². The molecule has 0 bridgehead atoms. The minimum atomic E-state index is -0.859. The molecule has 0 radical (unpaired) electrons. The van der Waals surface area contributed by atoms with E-state index in [1.807, 2.05) is 0 Å². The zero-order valence-corrected chi connectivity index (χ0v) is 9.87. The van der Waals surface area contributed by atoms with Gasteiger partial charge in [0.1, 0.15) is 5.82 Å². The number of ether oxygens (including phenoxy) is 1. The van der Waals surface area contributed by atoms with Gasteiger partial charge >= 0.3 is 5.97 Å². The van der Waals surface area contributed by atoms with E-state index in [9.17, 15) is 14.3 Å². The summed E-state index contributed by atoms with van der Waals surface area (Å²) in [6, 6.07) is 5.77. The Balaban J connectivity index is 2.36. The fourth-order valence-electron chi connectivity index (χ4n) is 2.68. The largest absolute Gasteiger partial charge is 0.468 e. The molecule has 0 atom stereocenters.